The van der Waals surface area contributed by atoms with Gasteiger partial charge in [0.05, 0.1) is 22.8 Å². The van der Waals surface area contributed by atoms with Gasteiger partial charge in [-0.15, -0.1) is 0 Å². The number of aromatic amines is 1. The minimum Gasteiger partial charge on any atom is -0.361 e. The molecule has 136 valence electrons. The Morgan fingerprint density at radius 3 is 2.92 bits per heavy atom. The topological polar surface area (TPSA) is 75.0 Å². The highest BCUT2D eigenvalue weighted by molar-refractivity contribution is 5.78. The molecule has 0 bridgehead atoms. The van der Waals surface area contributed by atoms with Crippen molar-refractivity contribution in [2.75, 3.05) is 6.54 Å². The van der Waals surface area contributed by atoms with E-state index in [1.165, 1.54) is 0 Å². The molecule has 1 aliphatic heterocycles. The lowest BCUT2D eigenvalue weighted by Gasteiger charge is -2.34. The maximum atomic E-state index is 12.9. The van der Waals surface area contributed by atoms with Crippen LogP contribution in [0.3, 0.4) is 0 Å². The number of aromatic nitrogens is 3. The van der Waals surface area contributed by atoms with Gasteiger partial charge in [0.15, 0.2) is 0 Å². The summed E-state index contributed by atoms with van der Waals surface area (Å²) in [6.45, 7) is 4.62. The summed E-state index contributed by atoms with van der Waals surface area (Å²) >= 11 is 0. The smallest absolute Gasteiger partial charge is 0.223 e. The number of hydrogen-bond donors (Lipinski definition) is 1. The van der Waals surface area contributed by atoms with Crippen LogP contribution in [-0.2, 0) is 11.2 Å². The number of piperidine rings is 1. The van der Waals surface area contributed by atoms with Gasteiger partial charge in [0.2, 0.25) is 5.91 Å². The first-order valence-electron chi connectivity index (χ1n) is 9.29. The Hall–Kier alpha value is -2.63. The van der Waals surface area contributed by atoms with E-state index in [9.17, 15) is 4.79 Å². The van der Waals surface area contributed by atoms with Gasteiger partial charge < -0.3 is 14.4 Å². The van der Waals surface area contributed by atoms with E-state index in [4.69, 9.17) is 9.51 Å². The number of para-hydroxylation sites is 2. The van der Waals surface area contributed by atoms with Crippen LogP contribution >= 0.6 is 0 Å². The quantitative estimate of drug-likeness (QED) is 0.774. The highest BCUT2D eigenvalue weighted by atomic mass is 16.5. The molecule has 1 atom stereocenters. The summed E-state index contributed by atoms with van der Waals surface area (Å²) < 4.78 is 5.21. The Labute approximate surface area is 152 Å². The molecule has 1 saturated heterocycles. The summed E-state index contributed by atoms with van der Waals surface area (Å²) in [7, 11) is 0. The van der Waals surface area contributed by atoms with E-state index in [2.05, 4.69) is 10.1 Å². The summed E-state index contributed by atoms with van der Waals surface area (Å²) in [6.07, 6.45) is 4.27. The molecule has 1 aliphatic rings. The molecule has 6 heteroatoms. The zero-order valence-electron chi connectivity index (χ0n) is 15.3. The van der Waals surface area contributed by atoms with Crippen LogP contribution in [0.15, 0.2) is 28.8 Å². The molecular formula is C20H24N4O2. The van der Waals surface area contributed by atoms with Gasteiger partial charge in [-0.1, -0.05) is 17.3 Å². The van der Waals surface area contributed by atoms with Crippen molar-refractivity contribution in [2.24, 2.45) is 0 Å². The maximum Gasteiger partial charge on any atom is 0.223 e. The van der Waals surface area contributed by atoms with Crippen LogP contribution < -0.4 is 0 Å². The van der Waals surface area contributed by atoms with Crippen LogP contribution in [0.25, 0.3) is 11.0 Å². The van der Waals surface area contributed by atoms with Crippen LogP contribution in [0, 0.1) is 13.8 Å². The first-order chi connectivity index (χ1) is 12.6. The lowest BCUT2D eigenvalue weighted by atomic mass is 10.00. The first-order valence-corrected chi connectivity index (χ1v) is 9.29. The van der Waals surface area contributed by atoms with Crippen molar-refractivity contribution >= 4 is 16.9 Å². The number of aryl methyl sites for hydroxylation is 2. The number of H-pyrrole nitrogens is 1. The summed E-state index contributed by atoms with van der Waals surface area (Å²) in [4.78, 5) is 23.1. The van der Waals surface area contributed by atoms with Crippen molar-refractivity contribution in [1.29, 1.82) is 0 Å². The van der Waals surface area contributed by atoms with Crippen LogP contribution in [0.1, 0.15) is 54.6 Å². The number of hydrogen-bond acceptors (Lipinski definition) is 4. The molecule has 0 aliphatic carbocycles. The van der Waals surface area contributed by atoms with Gasteiger partial charge in [-0.05, 0) is 51.7 Å². The molecule has 0 radical (unpaired) electrons. The molecule has 3 aromatic rings. The van der Waals surface area contributed by atoms with Crippen molar-refractivity contribution < 1.29 is 9.32 Å². The van der Waals surface area contributed by atoms with E-state index in [1.54, 1.807) is 0 Å². The fraction of sp³-hybridized carbons (Fsp3) is 0.450. The lowest BCUT2D eigenvalue weighted by Crippen LogP contribution is -2.39. The van der Waals surface area contributed by atoms with Gasteiger partial charge in [-0.25, -0.2) is 4.98 Å². The fourth-order valence-corrected chi connectivity index (χ4v) is 3.88. The molecule has 2 aromatic heterocycles. The Balaban J connectivity index is 1.52. The largest absolute Gasteiger partial charge is 0.361 e. The molecule has 3 heterocycles. The van der Waals surface area contributed by atoms with Gasteiger partial charge >= 0.3 is 0 Å². The average molecular weight is 352 g/mol. The van der Waals surface area contributed by atoms with Gasteiger partial charge in [0.1, 0.15) is 11.6 Å². The van der Waals surface area contributed by atoms with E-state index in [0.717, 1.165) is 59.7 Å². The number of likely N-dealkylation sites (tertiary alicyclic amines) is 1. The molecule has 6 nitrogen and oxygen atoms in total. The lowest BCUT2D eigenvalue weighted by molar-refractivity contribution is -0.135. The van der Waals surface area contributed by atoms with E-state index < -0.39 is 0 Å². The van der Waals surface area contributed by atoms with E-state index in [1.807, 2.05) is 43.0 Å². The Bertz CT molecular complexity index is 874. The maximum absolute atomic E-state index is 12.9. The third-order valence-electron chi connectivity index (χ3n) is 5.32. The monoisotopic (exact) mass is 352 g/mol. The van der Waals surface area contributed by atoms with Crippen LogP contribution in [0.4, 0.5) is 0 Å². The summed E-state index contributed by atoms with van der Waals surface area (Å²) in [6, 6.07) is 8.05. The molecule has 0 saturated carbocycles. The average Bonchev–Trinajstić information content (AvgIpc) is 3.23. The zero-order chi connectivity index (χ0) is 18.1. The Morgan fingerprint density at radius 1 is 1.31 bits per heavy atom. The number of benzene rings is 1. The zero-order valence-corrected chi connectivity index (χ0v) is 15.3. The van der Waals surface area contributed by atoms with Crippen molar-refractivity contribution in [3.05, 3.63) is 47.1 Å². The SMILES string of the molecule is Cc1noc(C)c1CCC(=O)N1CCCC[C@@H]1c1nc2ccccc2[nH]1. The number of rotatable bonds is 4. The molecule has 0 unspecified atom stereocenters. The third-order valence-corrected chi connectivity index (χ3v) is 5.32. The number of nitrogens with one attached hydrogen (secondary N) is 1. The summed E-state index contributed by atoms with van der Waals surface area (Å²) in [5.41, 5.74) is 3.91. The van der Waals surface area contributed by atoms with Gasteiger partial charge in [-0.2, -0.15) is 0 Å². The normalized spacial score (nSPS) is 17.8. The third kappa shape index (κ3) is 3.11. The van der Waals surface area contributed by atoms with Crippen molar-refractivity contribution in [2.45, 2.75) is 52.0 Å². The van der Waals surface area contributed by atoms with Crippen molar-refractivity contribution in [1.82, 2.24) is 20.0 Å². The molecule has 1 amide bonds. The number of carbonyl (C=O) groups excluding carboxylic acids is 1. The second-order valence-corrected chi connectivity index (χ2v) is 7.04. The molecule has 26 heavy (non-hydrogen) atoms. The number of imidazole rings is 1. The van der Waals surface area contributed by atoms with Crippen LogP contribution in [-0.4, -0.2) is 32.5 Å². The molecule has 1 aromatic carbocycles. The summed E-state index contributed by atoms with van der Waals surface area (Å²) in [5, 5.41) is 3.98. The van der Waals surface area contributed by atoms with Gasteiger partial charge in [-0.3, -0.25) is 4.79 Å². The molecular weight excluding hydrogens is 328 g/mol. The molecule has 1 fully saturated rings. The van der Waals surface area contributed by atoms with Crippen molar-refractivity contribution in [3.63, 3.8) is 0 Å². The molecule has 4 rings (SSSR count). The van der Waals surface area contributed by atoms with E-state index in [-0.39, 0.29) is 11.9 Å². The highest BCUT2D eigenvalue weighted by Gasteiger charge is 2.30. The summed E-state index contributed by atoms with van der Waals surface area (Å²) in [5.74, 6) is 1.88. The predicted molar refractivity (Wildman–Crippen MR) is 98.7 cm³/mol. The fourth-order valence-electron chi connectivity index (χ4n) is 3.88. The van der Waals surface area contributed by atoms with Gasteiger partial charge in [0, 0.05) is 18.5 Å². The number of amides is 1. The van der Waals surface area contributed by atoms with E-state index >= 15 is 0 Å². The second-order valence-electron chi connectivity index (χ2n) is 7.04. The first kappa shape index (κ1) is 16.8. The highest BCUT2D eigenvalue weighted by Crippen LogP contribution is 2.31. The number of nitrogens with zero attached hydrogens (tertiary/aromatic N) is 3. The molecule has 1 N–H and O–H groups in total. The Kier molecular flexibility index (Phi) is 4.49. The van der Waals surface area contributed by atoms with Crippen molar-refractivity contribution in [3.8, 4) is 0 Å². The number of carbonyl (C=O) groups is 1. The van der Waals surface area contributed by atoms with Crippen LogP contribution in [0.5, 0.6) is 0 Å². The predicted octanol–water partition coefficient (Wildman–Crippen LogP) is 3.85. The number of fused-ring (bicyclic) bond motifs is 1. The Morgan fingerprint density at radius 2 is 2.15 bits per heavy atom. The minimum atomic E-state index is 0.0355. The standard InChI is InChI=1S/C20H24N4O2/c1-13-15(14(2)26-23-13)10-11-19(25)24-12-6-5-9-18(24)20-21-16-7-3-4-8-17(16)22-20/h3-4,7-8,18H,5-6,9-12H2,1-2H3,(H,21,22)/t18-/m1/s1. The molecule has 0 spiro atoms. The second kappa shape index (κ2) is 6.94. The van der Waals surface area contributed by atoms with Gasteiger partial charge in [0.25, 0.3) is 0 Å². The van der Waals surface area contributed by atoms with Crippen LogP contribution in [0.2, 0.25) is 0 Å². The van der Waals surface area contributed by atoms with E-state index in [0.29, 0.717) is 12.8 Å². The minimum absolute atomic E-state index is 0.0355.